The van der Waals surface area contributed by atoms with Crippen LogP contribution in [-0.4, -0.2) is 11.2 Å². The van der Waals surface area contributed by atoms with Gasteiger partial charge in [0.25, 0.3) is 0 Å². The largest absolute Gasteiger partial charge is 0.416 e. The third-order valence-corrected chi connectivity index (χ3v) is 2.60. The minimum atomic E-state index is -4.38. The highest BCUT2D eigenvalue weighted by Gasteiger charge is 2.31. The van der Waals surface area contributed by atoms with E-state index < -0.39 is 23.9 Å². The summed E-state index contributed by atoms with van der Waals surface area (Å²) in [5.74, 6) is 0. The Morgan fingerprint density at radius 1 is 1.35 bits per heavy atom. The monoisotopic (exact) mass is 247 g/mol. The van der Waals surface area contributed by atoms with E-state index in [0.717, 1.165) is 18.6 Å². The lowest BCUT2D eigenvalue weighted by Gasteiger charge is -2.19. The molecule has 0 fully saturated rings. The molecule has 1 rings (SSSR count). The van der Waals surface area contributed by atoms with Crippen molar-refractivity contribution in [3.63, 3.8) is 0 Å². The number of rotatable bonds is 4. The standard InChI is InChI=1S/C12H16F3NO/c1-2-4-10(17)11(16)8-5-3-6-9(7-8)12(13,14)15/h3,5-7,10-11,17H,2,4,16H2,1H3/t10-,11+/m0/s1. The van der Waals surface area contributed by atoms with Crippen molar-refractivity contribution in [1.29, 1.82) is 0 Å². The number of hydrogen-bond acceptors (Lipinski definition) is 2. The van der Waals surface area contributed by atoms with Crippen molar-refractivity contribution in [2.24, 2.45) is 5.73 Å². The number of benzene rings is 1. The van der Waals surface area contributed by atoms with E-state index in [2.05, 4.69) is 0 Å². The van der Waals surface area contributed by atoms with Gasteiger partial charge in [-0.25, -0.2) is 0 Å². The van der Waals surface area contributed by atoms with Crippen LogP contribution in [0.2, 0.25) is 0 Å². The second-order valence-corrected chi connectivity index (χ2v) is 4.01. The van der Waals surface area contributed by atoms with Crippen LogP contribution in [0, 0.1) is 0 Å². The Morgan fingerprint density at radius 2 is 2.00 bits per heavy atom. The zero-order valence-corrected chi connectivity index (χ0v) is 9.54. The van der Waals surface area contributed by atoms with Gasteiger partial charge in [0.15, 0.2) is 0 Å². The van der Waals surface area contributed by atoms with E-state index >= 15 is 0 Å². The summed E-state index contributed by atoms with van der Waals surface area (Å²) in [5.41, 5.74) is 5.28. The molecule has 0 aliphatic carbocycles. The van der Waals surface area contributed by atoms with Gasteiger partial charge in [0.2, 0.25) is 0 Å². The van der Waals surface area contributed by atoms with Gasteiger partial charge in [-0.3, -0.25) is 0 Å². The summed E-state index contributed by atoms with van der Waals surface area (Å²) < 4.78 is 37.4. The molecule has 0 unspecified atom stereocenters. The van der Waals surface area contributed by atoms with Crippen molar-refractivity contribution < 1.29 is 18.3 Å². The number of aliphatic hydroxyl groups excluding tert-OH is 1. The highest BCUT2D eigenvalue weighted by atomic mass is 19.4. The van der Waals surface area contributed by atoms with Gasteiger partial charge in [0, 0.05) is 0 Å². The summed E-state index contributed by atoms with van der Waals surface area (Å²) in [6, 6.07) is 4.00. The predicted octanol–water partition coefficient (Wildman–Crippen LogP) is 2.87. The maximum atomic E-state index is 12.5. The molecule has 0 amide bonds. The summed E-state index contributed by atoms with van der Waals surface area (Å²) >= 11 is 0. The van der Waals surface area contributed by atoms with Crippen molar-refractivity contribution in [3.05, 3.63) is 35.4 Å². The van der Waals surface area contributed by atoms with Crippen LogP contribution in [0.1, 0.15) is 36.9 Å². The lowest BCUT2D eigenvalue weighted by atomic mass is 9.97. The van der Waals surface area contributed by atoms with Crippen LogP contribution in [0.3, 0.4) is 0 Å². The molecule has 0 spiro atoms. The van der Waals surface area contributed by atoms with E-state index in [9.17, 15) is 18.3 Å². The highest BCUT2D eigenvalue weighted by Crippen LogP contribution is 2.31. The molecule has 17 heavy (non-hydrogen) atoms. The Kier molecular flexibility index (Phi) is 4.54. The summed E-state index contributed by atoms with van der Waals surface area (Å²) in [6.45, 7) is 1.88. The zero-order chi connectivity index (χ0) is 13.1. The molecule has 96 valence electrons. The normalized spacial score (nSPS) is 15.6. The Balaban J connectivity index is 2.92. The summed E-state index contributed by atoms with van der Waals surface area (Å²) in [7, 11) is 0. The molecule has 5 heteroatoms. The molecule has 3 N–H and O–H groups in total. The molecule has 1 aromatic rings. The lowest BCUT2D eigenvalue weighted by Crippen LogP contribution is -2.26. The molecule has 0 aromatic heterocycles. The molecule has 0 radical (unpaired) electrons. The molecule has 0 saturated heterocycles. The first kappa shape index (κ1) is 14.0. The third kappa shape index (κ3) is 3.71. The number of aliphatic hydroxyl groups is 1. The maximum Gasteiger partial charge on any atom is 0.416 e. The van der Waals surface area contributed by atoms with E-state index in [4.69, 9.17) is 5.73 Å². The fourth-order valence-corrected chi connectivity index (χ4v) is 1.62. The van der Waals surface area contributed by atoms with Gasteiger partial charge in [-0.1, -0.05) is 25.5 Å². The number of nitrogens with two attached hydrogens (primary N) is 1. The topological polar surface area (TPSA) is 46.2 Å². The summed E-state index contributed by atoms with van der Waals surface area (Å²) in [5, 5.41) is 9.66. The third-order valence-electron chi connectivity index (χ3n) is 2.60. The van der Waals surface area contributed by atoms with Crippen LogP contribution in [0.25, 0.3) is 0 Å². The van der Waals surface area contributed by atoms with Gasteiger partial charge in [-0.05, 0) is 24.1 Å². The van der Waals surface area contributed by atoms with E-state index in [1.54, 1.807) is 0 Å². The average molecular weight is 247 g/mol. The highest BCUT2D eigenvalue weighted by molar-refractivity contribution is 5.28. The zero-order valence-electron chi connectivity index (χ0n) is 9.54. The van der Waals surface area contributed by atoms with Crippen molar-refractivity contribution in [2.45, 2.75) is 38.1 Å². The predicted molar refractivity (Wildman–Crippen MR) is 59.3 cm³/mol. The number of halogens is 3. The van der Waals surface area contributed by atoms with Gasteiger partial charge < -0.3 is 10.8 Å². The summed E-state index contributed by atoms with van der Waals surface area (Å²) in [6.07, 6.45) is -4.00. The first-order chi connectivity index (χ1) is 7.86. The van der Waals surface area contributed by atoms with Crippen LogP contribution in [0.5, 0.6) is 0 Å². The molecule has 2 nitrogen and oxygen atoms in total. The minimum absolute atomic E-state index is 0.306. The van der Waals surface area contributed by atoms with Gasteiger partial charge in [-0.15, -0.1) is 0 Å². The molecular weight excluding hydrogens is 231 g/mol. The first-order valence-corrected chi connectivity index (χ1v) is 5.47. The fourth-order valence-electron chi connectivity index (χ4n) is 1.62. The van der Waals surface area contributed by atoms with Crippen LogP contribution in [-0.2, 0) is 6.18 Å². The van der Waals surface area contributed by atoms with Crippen molar-refractivity contribution in [2.75, 3.05) is 0 Å². The minimum Gasteiger partial charge on any atom is -0.391 e. The fraction of sp³-hybridized carbons (Fsp3) is 0.500. The maximum absolute atomic E-state index is 12.5. The molecule has 0 aliphatic heterocycles. The van der Waals surface area contributed by atoms with E-state index in [1.807, 2.05) is 6.92 Å². The van der Waals surface area contributed by atoms with E-state index in [-0.39, 0.29) is 0 Å². The Bertz CT molecular complexity index is 365. The lowest BCUT2D eigenvalue weighted by molar-refractivity contribution is -0.137. The van der Waals surface area contributed by atoms with Gasteiger partial charge in [-0.2, -0.15) is 13.2 Å². The van der Waals surface area contributed by atoms with Crippen LogP contribution < -0.4 is 5.73 Å². The SMILES string of the molecule is CCC[C@H](O)[C@H](N)c1cccc(C(F)(F)F)c1. The molecule has 0 bridgehead atoms. The van der Waals surface area contributed by atoms with Crippen molar-refractivity contribution >= 4 is 0 Å². The second kappa shape index (κ2) is 5.51. The molecule has 0 saturated carbocycles. The van der Waals surface area contributed by atoms with Crippen LogP contribution in [0.15, 0.2) is 24.3 Å². The Hall–Kier alpha value is -1.07. The molecule has 1 aromatic carbocycles. The molecular formula is C12H16F3NO. The van der Waals surface area contributed by atoms with Crippen molar-refractivity contribution in [1.82, 2.24) is 0 Å². The number of alkyl halides is 3. The molecule has 0 heterocycles. The van der Waals surface area contributed by atoms with Crippen LogP contribution in [0.4, 0.5) is 13.2 Å². The smallest absolute Gasteiger partial charge is 0.391 e. The average Bonchev–Trinajstić information content (AvgIpc) is 2.27. The number of hydrogen-bond donors (Lipinski definition) is 2. The van der Waals surface area contributed by atoms with E-state index in [1.165, 1.54) is 12.1 Å². The van der Waals surface area contributed by atoms with Crippen LogP contribution >= 0.6 is 0 Å². The second-order valence-electron chi connectivity index (χ2n) is 4.01. The molecule has 2 atom stereocenters. The Labute approximate surface area is 98.3 Å². The van der Waals surface area contributed by atoms with Crippen molar-refractivity contribution in [3.8, 4) is 0 Å². The summed E-state index contributed by atoms with van der Waals surface area (Å²) in [4.78, 5) is 0. The molecule has 0 aliphatic rings. The van der Waals surface area contributed by atoms with Gasteiger partial charge >= 0.3 is 6.18 Å². The van der Waals surface area contributed by atoms with Gasteiger partial charge in [0.1, 0.15) is 0 Å². The Morgan fingerprint density at radius 3 is 2.53 bits per heavy atom. The van der Waals surface area contributed by atoms with E-state index in [0.29, 0.717) is 12.0 Å². The quantitative estimate of drug-likeness (QED) is 0.859. The first-order valence-electron chi connectivity index (χ1n) is 5.47. The van der Waals surface area contributed by atoms with Gasteiger partial charge in [0.05, 0.1) is 17.7 Å².